The average molecular weight is 477 g/mol. The molecule has 178 valence electrons. The second-order valence-corrected chi connectivity index (χ2v) is 10.3. The van der Waals surface area contributed by atoms with Gasteiger partial charge in [0.05, 0.1) is 5.69 Å². The van der Waals surface area contributed by atoms with Crippen LogP contribution in [0, 0.1) is 33.6 Å². The topological polar surface area (TPSA) is 68.2 Å². The first-order valence-electron chi connectivity index (χ1n) is 11.7. The van der Waals surface area contributed by atoms with E-state index in [9.17, 15) is 4.79 Å². The van der Waals surface area contributed by atoms with E-state index in [1.54, 1.807) is 16.7 Å². The van der Waals surface area contributed by atoms with Gasteiger partial charge in [0.1, 0.15) is 0 Å². The lowest BCUT2D eigenvalue weighted by Gasteiger charge is -2.32. The molecule has 1 aromatic heterocycles. The molecule has 1 amide bonds. The van der Waals surface area contributed by atoms with Crippen LogP contribution in [-0.4, -0.2) is 26.8 Å². The zero-order chi connectivity index (χ0) is 24.6. The summed E-state index contributed by atoms with van der Waals surface area (Å²) in [4.78, 5) is 20.0. The van der Waals surface area contributed by atoms with Crippen molar-refractivity contribution in [3.05, 3.63) is 58.1 Å². The molecule has 0 N–H and O–H groups in total. The number of hydrogen-bond acceptors (Lipinski definition) is 6. The molecule has 1 atom stereocenters. The van der Waals surface area contributed by atoms with Crippen molar-refractivity contribution < 1.29 is 9.53 Å². The lowest BCUT2D eigenvalue weighted by molar-refractivity contribution is -0.120. The summed E-state index contributed by atoms with van der Waals surface area (Å²) in [6.45, 7) is 14.4. The Morgan fingerprint density at radius 3 is 2.50 bits per heavy atom. The Morgan fingerprint density at radius 1 is 1.06 bits per heavy atom. The molecule has 7 heteroatoms. The van der Waals surface area contributed by atoms with Gasteiger partial charge in [0.15, 0.2) is 5.69 Å². The van der Waals surface area contributed by atoms with Crippen LogP contribution >= 0.6 is 11.8 Å². The number of carbonyl (C=O) groups is 1. The number of aromatic nitrogens is 3. The number of amides is 1. The molecule has 0 saturated heterocycles. The Kier molecular flexibility index (Phi) is 6.94. The molecule has 0 aliphatic carbocycles. The Bertz CT molecular complexity index is 1240. The van der Waals surface area contributed by atoms with Crippen molar-refractivity contribution in [1.29, 1.82) is 0 Å². The number of thioether (sulfide) groups is 1. The molecule has 4 rings (SSSR count). The van der Waals surface area contributed by atoms with Gasteiger partial charge in [-0.15, -0.1) is 10.2 Å². The summed E-state index contributed by atoms with van der Waals surface area (Å²) in [6.07, 6.45) is -0.310. The minimum absolute atomic E-state index is 0.0217. The summed E-state index contributed by atoms with van der Waals surface area (Å²) in [5.41, 5.74) is 7.49. The largest absolute Gasteiger partial charge is 0.447 e. The van der Waals surface area contributed by atoms with Crippen molar-refractivity contribution in [2.75, 3.05) is 10.7 Å². The Balaban J connectivity index is 1.97. The highest BCUT2D eigenvalue weighted by Crippen LogP contribution is 2.46. The quantitative estimate of drug-likeness (QED) is 0.400. The maximum atomic E-state index is 13.4. The monoisotopic (exact) mass is 476 g/mol. The van der Waals surface area contributed by atoms with Gasteiger partial charge in [-0.05, 0) is 56.4 Å². The maximum absolute atomic E-state index is 13.4. The fourth-order valence-corrected chi connectivity index (χ4v) is 4.88. The summed E-state index contributed by atoms with van der Waals surface area (Å²) < 4.78 is 6.58. The van der Waals surface area contributed by atoms with E-state index in [-0.39, 0.29) is 5.91 Å². The van der Waals surface area contributed by atoms with E-state index in [4.69, 9.17) is 9.72 Å². The molecule has 0 bridgehead atoms. The minimum atomic E-state index is -0.659. The summed E-state index contributed by atoms with van der Waals surface area (Å²) >= 11 is 1.56. The molecule has 1 aliphatic heterocycles. The van der Waals surface area contributed by atoms with Crippen LogP contribution in [0.2, 0.25) is 0 Å². The summed E-state index contributed by atoms with van der Waals surface area (Å²) in [6, 6.07) is 10.3. The molecule has 0 radical (unpaired) electrons. The third-order valence-corrected chi connectivity index (χ3v) is 7.23. The maximum Gasteiger partial charge on any atom is 0.247 e. The number of ether oxygens (including phenoxy) is 1. The number of aryl methyl sites for hydroxylation is 4. The molecular weight excluding hydrogens is 444 g/mol. The highest BCUT2D eigenvalue weighted by molar-refractivity contribution is 7.99. The van der Waals surface area contributed by atoms with E-state index >= 15 is 0 Å². The van der Waals surface area contributed by atoms with Crippen LogP contribution in [0.25, 0.3) is 11.3 Å². The smallest absolute Gasteiger partial charge is 0.247 e. The van der Waals surface area contributed by atoms with Crippen molar-refractivity contribution in [2.24, 2.45) is 5.92 Å². The molecule has 6 nitrogen and oxygen atoms in total. The van der Waals surface area contributed by atoms with E-state index < -0.39 is 6.23 Å². The highest BCUT2D eigenvalue weighted by atomic mass is 32.2. The van der Waals surface area contributed by atoms with Crippen LogP contribution in [0.15, 0.2) is 35.5 Å². The first kappa shape index (κ1) is 24.2. The minimum Gasteiger partial charge on any atom is -0.447 e. The van der Waals surface area contributed by atoms with Gasteiger partial charge >= 0.3 is 0 Å². The van der Waals surface area contributed by atoms with Crippen LogP contribution in [0.3, 0.4) is 0 Å². The van der Waals surface area contributed by atoms with Gasteiger partial charge in [-0.3, -0.25) is 9.69 Å². The average Bonchev–Trinajstić information content (AvgIpc) is 2.93. The van der Waals surface area contributed by atoms with Crippen LogP contribution < -0.4 is 9.64 Å². The first-order valence-corrected chi connectivity index (χ1v) is 12.7. The van der Waals surface area contributed by atoms with E-state index in [0.717, 1.165) is 39.3 Å². The van der Waals surface area contributed by atoms with Crippen molar-refractivity contribution in [2.45, 2.75) is 66.3 Å². The third-order valence-electron chi connectivity index (χ3n) is 5.97. The number of hydrogen-bond donors (Lipinski definition) is 0. The summed E-state index contributed by atoms with van der Waals surface area (Å²) in [7, 11) is 0. The molecule has 1 aliphatic rings. The zero-order valence-corrected chi connectivity index (χ0v) is 21.8. The van der Waals surface area contributed by atoms with Crippen molar-refractivity contribution in [3.63, 3.8) is 0 Å². The normalized spacial score (nSPS) is 14.9. The Hall–Kier alpha value is -2.93. The fraction of sp³-hybridized carbons (Fsp3) is 0.407. The van der Waals surface area contributed by atoms with Crippen LogP contribution in [0.1, 0.15) is 61.2 Å². The second kappa shape index (κ2) is 9.74. The molecule has 2 heterocycles. The number of anilines is 1. The van der Waals surface area contributed by atoms with Gasteiger partial charge in [-0.25, -0.2) is 0 Å². The molecule has 0 fully saturated rings. The van der Waals surface area contributed by atoms with Crippen LogP contribution in [0.4, 0.5) is 5.69 Å². The summed E-state index contributed by atoms with van der Waals surface area (Å²) in [5, 5.41) is 9.54. The summed E-state index contributed by atoms with van der Waals surface area (Å²) in [5.74, 6) is 1.77. The molecule has 2 aromatic carbocycles. The fourth-order valence-electron chi connectivity index (χ4n) is 4.15. The van der Waals surface area contributed by atoms with Gasteiger partial charge in [-0.1, -0.05) is 62.4 Å². The number of carbonyl (C=O) groups excluding carboxylic acids is 1. The predicted molar refractivity (Wildman–Crippen MR) is 137 cm³/mol. The lowest BCUT2D eigenvalue weighted by Crippen LogP contribution is -2.37. The van der Waals surface area contributed by atoms with E-state index in [1.807, 2.05) is 32.9 Å². The predicted octanol–water partition coefficient (Wildman–Crippen LogP) is 6.35. The Morgan fingerprint density at radius 2 is 1.82 bits per heavy atom. The molecule has 34 heavy (non-hydrogen) atoms. The zero-order valence-electron chi connectivity index (χ0n) is 21.0. The van der Waals surface area contributed by atoms with Crippen molar-refractivity contribution in [1.82, 2.24) is 15.2 Å². The first-order chi connectivity index (χ1) is 16.2. The second-order valence-electron chi connectivity index (χ2n) is 9.36. The number of fused-ring (bicyclic) bond motifs is 3. The Labute approximate surface area is 206 Å². The number of rotatable bonds is 5. The molecule has 3 aromatic rings. The molecule has 0 spiro atoms. The molecule has 1 unspecified atom stereocenters. The van der Waals surface area contributed by atoms with Gasteiger partial charge in [-0.2, -0.15) is 4.98 Å². The van der Waals surface area contributed by atoms with E-state index in [1.165, 1.54) is 5.56 Å². The number of nitrogens with zero attached hydrogens (tertiary/aromatic N) is 4. The highest BCUT2D eigenvalue weighted by Gasteiger charge is 2.36. The third kappa shape index (κ3) is 4.67. The molecule has 0 saturated carbocycles. The standard InChI is InChI=1S/C27H32N4O2S/c1-8-22(32)31-24-19(7)11-16(4)12-21(24)23-25(28-27(30-29-23)34-14-15(2)3)33-26(31)20-10-9-17(5)18(6)13-20/h9-13,15,26H,8,14H2,1-7H3. The van der Waals surface area contributed by atoms with E-state index in [0.29, 0.717) is 29.1 Å². The van der Waals surface area contributed by atoms with Crippen LogP contribution in [0.5, 0.6) is 5.88 Å². The molecular formula is C27H32N4O2S. The lowest BCUT2D eigenvalue weighted by atomic mass is 9.99. The number of benzene rings is 2. The van der Waals surface area contributed by atoms with Gasteiger partial charge in [0, 0.05) is 23.3 Å². The van der Waals surface area contributed by atoms with Crippen molar-refractivity contribution >= 4 is 23.4 Å². The van der Waals surface area contributed by atoms with Gasteiger partial charge < -0.3 is 4.74 Å². The van der Waals surface area contributed by atoms with Gasteiger partial charge in [0.2, 0.25) is 23.2 Å². The van der Waals surface area contributed by atoms with E-state index in [2.05, 4.69) is 56.1 Å². The SMILES string of the molecule is CCC(=O)N1c2c(C)cc(C)cc2-c2nnc(SCC(C)C)nc2OC1c1ccc(C)c(C)c1. The van der Waals surface area contributed by atoms with Crippen LogP contribution in [-0.2, 0) is 4.79 Å². The van der Waals surface area contributed by atoms with Gasteiger partial charge in [0.25, 0.3) is 0 Å². The van der Waals surface area contributed by atoms with Crippen molar-refractivity contribution in [3.8, 4) is 17.1 Å².